The van der Waals surface area contributed by atoms with Crippen LogP contribution in [-0.2, 0) is 23.8 Å². The quantitative estimate of drug-likeness (QED) is 0.0195. The van der Waals surface area contributed by atoms with Crippen LogP contribution in [0.5, 0.6) is 0 Å². The van der Waals surface area contributed by atoms with Gasteiger partial charge in [0.15, 0.2) is 12.4 Å². The smallest absolute Gasteiger partial charge is 0.306 e. The predicted octanol–water partition coefficient (Wildman–Crippen LogP) is 14.7. The van der Waals surface area contributed by atoms with E-state index >= 15 is 0 Å². The highest BCUT2D eigenvalue weighted by atomic mass is 16.7. The van der Waals surface area contributed by atoms with Gasteiger partial charge in [-0.05, 0) is 57.8 Å². The lowest BCUT2D eigenvalue weighted by atomic mass is 9.99. The van der Waals surface area contributed by atoms with Gasteiger partial charge in [-0.25, -0.2) is 0 Å². The minimum absolute atomic E-state index is 0.121. The highest BCUT2D eigenvalue weighted by Gasteiger charge is 2.47. The van der Waals surface area contributed by atoms with E-state index in [1.807, 2.05) is 6.08 Å². The largest absolute Gasteiger partial charge is 0.454 e. The standard InChI is InChI=1S/C63H117NO10/c1-4-7-10-13-16-19-22-25-26-27-28-29-30-33-36-39-42-45-48-51-58(68)74-61-60(70)59(69)57(52-65)73-63(61)72-53-54(55(66)49-46-43-40-37-34-31-23-20-17-14-11-8-5-2)64-62(71)56(67)50-47-44-41-38-35-32-24-21-18-15-12-9-6-3/h16,19,25-26,46,49,54-57,59-61,63,65-67,69-70H,4-15,17-18,20-24,27-45,47-48,50-53H2,1-3H3,(H,64,71)/b19-16-,26-25-,49-46+. The molecule has 0 bridgehead atoms. The van der Waals surface area contributed by atoms with Crippen molar-refractivity contribution in [2.24, 2.45) is 0 Å². The summed E-state index contributed by atoms with van der Waals surface area (Å²) in [5.41, 5.74) is 0. The molecule has 0 aliphatic carbocycles. The van der Waals surface area contributed by atoms with Crippen molar-refractivity contribution in [1.82, 2.24) is 5.32 Å². The minimum Gasteiger partial charge on any atom is -0.454 e. The van der Waals surface area contributed by atoms with Crippen LogP contribution >= 0.6 is 0 Å². The Bertz CT molecular complexity index is 1340. The second-order valence-electron chi connectivity index (χ2n) is 21.8. The molecule has 74 heavy (non-hydrogen) atoms. The molecule has 1 saturated heterocycles. The van der Waals surface area contributed by atoms with Crippen LogP contribution in [0.1, 0.15) is 290 Å². The van der Waals surface area contributed by atoms with E-state index in [0.717, 1.165) is 70.6 Å². The molecule has 1 heterocycles. The monoisotopic (exact) mass is 1050 g/mol. The number of amides is 1. The van der Waals surface area contributed by atoms with Gasteiger partial charge < -0.3 is 45.1 Å². The van der Waals surface area contributed by atoms with Crippen LogP contribution < -0.4 is 5.32 Å². The van der Waals surface area contributed by atoms with Gasteiger partial charge in [-0.15, -0.1) is 0 Å². The highest BCUT2D eigenvalue weighted by molar-refractivity contribution is 5.80. The number of carbonyl (C=O) groups excluding carboxylic acids is 2. The first-order valence-corrected chi connectivity index (χ1v) is 31.3. The molecule has 6 N–H and O–H groups in total. The number of hydrogen-bond donors (Lipinski definition) is 6. The molecule has 0 saturated carbocycles. The third-order valence-corrected chi connectivity index (χ3v) is 14.8. The molecule has 8 atom stereocenters. The van der Waals surface area contributed by atoms with Crippen LogP contribution in [0.25, 0.3) is 0 Å². The molecule has 1 amide bonds. The fourth-order valence-corrected chi connectivity index (χ4v) is 9.80. The van der Waals surface area contributed by atoms with E-state index in [0.29, 0.717) is 19.3 Å². The summed E-state index contributed by atoms with van der Waals surface area (Å²) < 4.78 is 17.6. The Morgan fingerprint density at radius 2 is 0.932 bits per heavy atom. The molecule has 8 unspecified atom stereocenters. The van der Waals surface area contributed by atoms with Gasteiger partial charge in [0, 0.05) is 6.42 Å². The van der Waals surface area contributed by atoms with Crippen LogP contribution in [-0.4, -0.2) is 99.6 Å². The normalized spacial score (nSPS) is 19.5. The molecule has 0 aromatic rings. The van der Waals surface area contributed by atoms with Crippen molar-refractivity contribution in [3.05, 3.63) is 36.5 Å². The zero-order valence-corrected chi connectivity index (χ0v) is 48.0. The lowest BCUT2D eigenvalue weighted by Gasteiger charge is -2.41. The summed E-state index contributed by atoms with van der Waals surface area (Å²) in [7, 11) is 0. The fraction of sp³-hybridized carbons (Fsp3) is 0.873. The molecule has 1 aliphatic heterocycles. The van der Waals surface area contributed by atoms with E-state index in [1.165, 1.54) is 173 Å². The van der Waals surface area contributed by atoms with Crippen molar-refractivity contribution < 1.29 is 49.3 Å². The molecule has 0 aromatic heterocycles. The Kier molecular flexibility index (Phi) is 48.8. The van der Waals surface area contributed by atoms with Gasteiger partial charge in [-0.2, -0.15) is 0 Å². The summed E-state index contributed by atoms with van der Waals surface area (Å²) in [5, 5.41) is 57.0. The molecule has 434 valence electrons. The van der Waals surface area contributed by atoms with E-state index in [9.17, 15) is 35.1 Å². The van der Waals surface area contributed by atoms with E-state index in [4.69, 9.17) is 14.2 Å². The van der Waals surface area contributed by atoms with Gasteiger partial charge in [0.2, 0.25) is 5.91 Å². The van der Waals surface area contributed by atoms with Gasteiger partial charge in [0.1, 0.15) is 24.4 Å². The molecular formula is C63H117NO10. The minimum atomic E-state index is -1.61. The van der Waals surface area contributed by atoms with Gasteiger partial charge in [-0.3, -0.25) is 9.59 Å². The summed E-state index contributed by atoms with van der Waals surface area (Å²) in [4.78, 5) is 26.5. The van der Waals surface area contributed by atoms with E-state index < -0.39 is 67.4 Å². The Hall–Kier alpha value is -2.12. The number of esters is 1. The van der Waals surface area contributed by atoms with Crippen LogP contribution in [0.15, 0.2) is 36.5 Å². The van der Waals surface area contributed by atoms with Crippen molar-refractivity contribution in [2.75, 3.05) is 13.2 Å². The maximum Gasteiger partial charge on any atom is 0.306 e. The maximum atomic E-state index is 13.4. The summed E-state index contributed by atoms with van der Waals surface area (Å²) in [6.07, 6.45) is 50.3. The Morgan fingerprint density at radius 3 is 1.41 bits per heavy atom. The number of unbranched alkanes of at least 4 members (excludes halogenated alkanes) is 35. The molecule has 1 aliphatic rings. The Balaban J connectivity index is 2.67. The van der Waals surface area contributed by atoms with Crippen LogP contribution in [0, 0.1) is 0 Å². The molecule has 1 fully saturated rings. The molecule has 1 rings (SSSR count). The number of aliphatic hydroxyl groups excluding tert-OH is 5. The van der Waals surface area contributed by atoms with Crippen LogP contribution in [0.2, 0.25) is 0 Å². The Labute approximate surface area is 453 Å². The lowest BCUT2D eigenvalue weighted by Crippen LogP contribution is -2.61. The van der Waals surface area contributed by atoms with E-state index in [-0.39, 0.29) is 13.0 Å². The molecular weight excluding hydrogens is 931 g/mol. The molecule has 11 heteroatoms. The van der Waals surface area contributed by atoms with E-state index in [1.54, 1.807) is 6.08 Å². The van der Waals surface area contributed by atoms with Gasteiger partial charge in [-0.1, -0.05) is 263 Å². The zero-order valence-electron chi connectivity index (χ0n) is 48.0. The maximum absolute atomic E-state index is 13.4. The first-order valence-electron chi connectivity index (χ1n) is 31.3. The average Bonchev–Trinajstić information content (AvgIpc) is 3.40. The predicted molar refractivity (Wildman–Crippen MR) is 306 cm³/mol. The molecule has 11 nitrogen and oxygen atoms in total. The Morgan fingerprint density at radius 1 is 0.527 bits per heavy atom. The number of nitrogens with one attached hydrogen (secondary N) is 1. The van der Waals surface area contributed by atoms with Gasteiger partial charge in [0.25, 0.3) is 0 Å². The number of ether oxygens (including phenoxy) is 3. The fourth-order valence-electron chi connectivity index (χ4n) is 9.80. The number of allylic oxidation sites excluding steroid dienone is 5. The van der Waals surface area contributed by atoms with Crippen molar-refractivity contribution in [3.8, 4) is 0 Å². The molecule has 0 aromatic carbocycles. The average molecular weight is 1050 g/mol. The number of rotatable bonds is 53. The summed E-state index contributed by atoms with van der Waals surface area (Å²) in [6, 6.07) is -1.02. The zero-order chi connectivity index (χ0) is 54.0. The summed E-state index contributed by atoms with van der Waals surface area (Å²) in [6.45, 7) is 5.78. The third-order valence-electron chi connectivity index (χ3n) is 14.8. The topological polar surface area (TPSA) is 175 Å². The highest BCUT2D eigenvalue weighted by Crippen LogP contribution is 2.26. The third kappa shape index (κ3) is 39.3. The molecule has 0 radical (unpaired) electrons. The van der Waals surface area contributed by atoms with Crippen molar-refractivity contribution >= 4 is 11.9 Å². The summed E-state index contributed by atoms with van der Waals surface area (Å²) >= 11 is 0. The van der Waals surface area contributed by atoms with Crippen LogP contribution in [0.4, 0.5) is 0 Å². The van der Waals surface area contributed by atoms with E-state index in [2.05, 4.69) is 50.4 Å². The second-order valence-corrected chi connectivity index (χ2v) is 21.8. The van der Waals surface area contributed by atoms with Crippen molar-refractivity contribution in [1.29, 1.82) is 0 Å². The van der Waals surface area contributed by atoms with Crippen molar-refractivity contribution in [2.45, 2.75) is 339 Å². The number of aliphatic hydroxyl groups is 5. The van der Waals surface area contributed by atoms with Gasteiger partial charge >= 0.3 is 5.97 Å². The lowest BCUT2D eigenvalue weighted by molar-refractivity contribution is -0.305. The first-order chi connectivity index (χ1) is 36.2. The van der Waals surface area contributed by atoms with Crippen molar-refractivity contribution in [3.63, 3.8) is 0 Å². The number of hydrogen-bond acceptors (Lipinski definition) is 10. The SMILES string of the molecule is CCCCC/C=C\C/C=C\CCCCCCCCCCCC(=O)OC1C(OCC(NC(=O)C(O)CCCCCCCCCCCCCCC)C(O)/C=C/CCCCCCCCCCCCC)OC(CO)C(O)C1O. The number of carbonyl (C=O) groups is 2. The summed E-state index contributed by atoms with van der Waals surface area (Å²) in [5.74, 6) is -1.19. The second kappa shape index (κ2) is 51.6. The van der Waals surface area contributed by atoms with Gasteiger partial charge in [0.05, 0.1) is 25.4 Å². The molecule has 0 spiro atoms. The first kappa shape index (κ1) is 69.9. The van der Waals surface area contributed by atoms with Crippen LogP contribution in [0.3, 0.4) is 0 Å².